The van der Waals surface area contributed by atoms with Crippen molar-refractivity contribution in [2.24, 2.45) is 5.92 Å². The van der Waals surface area contributed by atoms with Crippen molar-refractivity contribution in [3.05, 3.63) is 11.7 Å². The second-order valence-electron chi connectivity index (χ2n) is 5.44. The van der Waals surface area contributed by atoms with Crippen LogP contribution in [-0.2, 0) is 4.74 Å². The third-order valence-electron chi connectivity index (χ3n) is 4.06. The van der Waals surface area contributed by atoms with E-state index in [4.69, 9.17) is 9.26 Å². The SMILES string of the molecule is CC1OCCC1CNC(=O)c1noc(C2CCCN2)n1. The van der Waals surface area contributed by atoms with Crippen molar-refractivity contribution < 1.29 is 14.1 Å². The Morgan fingerprint density at radius 2 is 2.40 bits per heavy atom. The topological polar surface area (TPSA) is 89.3 Å². The Balaban J connectivity index is 1.54. The summed E-state index contributed by atoms with van der Waals surface area (Å²) in [7, 11) is 0. The Morgan fingerprint density at radius 3 is 3.10 bits per heavy atom. The second kappa shape index (κ2) is 5.88. The summed E-state index contributed by atoms with van der Waals surface area (Å²) in [5.41, 5.74) is 0. The average molecular weight is 280 g/mol. The Kier molecular flexibility index (Phi) is 3.98. The van der Waals surface area contributed by atoms with Crippen molar-refractivity contribution in [2.45, 2.75) is 38.3 Å². The maximum absolute atomic E-state index is 12.0. The summed E-state index contributed by atoms with van der Waals surface area (Å²) < 4.78 is 10.6. The highest BCUT2D eigenvalue weighted by molar-refractivity contribution is 5.90. The van der Waals surface area contributed by atoms with Gasteiger partial charge in [0.15, 0.2) is 0 Å². The Hall–Kier alpha value is -1.47. The van der Waals surface area contributed by atoms with Crippen LogP contribution in [0.3, 0.4) is 0 Å². The van der Waals surface area contributed by atoms with Gasteiger partial charge in [0.2, 0.25) is 5.89 Å². The molecule has 2 fully saturated rings. The number of carbonyl (C=O) groups excluding carboxylic acids is 1. The van der Waals surface area contributed by atoms with Crippen LogP contribution in [0, 0.1) is 5.92 Å². The lowest BCUT2D eigenvalue weighted by atomic mass is 10.0. The minimum atomic E-state index is -0.280. The molecule has 0 radical (unpaired) electrons. The van der Waals surface area contributed by atoms with E-state index in [0.717, 1.165) is 32.4 Å². The summed E-state index contributed by atoms with van der Waals surface area (Å²) in [5, 5.41) is 9.87. The van der Waals surface area contributed by atoms with E-state index in [-0.39, 0.29) is 23.9 Å². The fraction of sp³-hybridized carbons (Fsp3) is 0.769. The van der Waals surface area contributed by atoms with Crippen LogP contribution in [0.4, 0.5) is 0 Å². The lowest BCUT2D eigenvalue weighted by molar-refractivity contribution is 0.0896. The lowest BCUT2D eigenvalue weighted by Crippen LogP contribution is -2.32. The summed E-state index contributed by atoms with van der Waals surface area (Å²) in [6.07, 6.45) is 3.23. The molecule has 1 amide bonds. The molecule has 3 unspecified atom stereocenters. The molecular formula is C13H20N4O3. The van der Waals surface area contributed by atoms with Gasteiger partial charge < -0.3 is 19.9 Å². The van der Waals surface area contributed by atoms with Crippen molar-refractivity contribution in [2.75, 3.05) is 19.7 Å². The molecule has 3 atom stereocenters. The molecule has 110 valence electrons. The molecule has 0 aliphatic carbocycles. The molecule has 1 aromatic heterocycles. The van der Waals surface area contributed by atoms with Gasteiger partial charge >= 0.3 is 0 Å². The molecule has 2 N–H and O–H groups in total. The molecule has 2 aliphatic rings. The van der Waals surface area contributed by atoms with Gasteiger partial charge in [-0.15, -0.1) is 0 Å². The van der Waals surface area contributed by atoms with Gasteiger partial charge in [0, 0.05) is 19.1 Å². The Morgan fingerprint density at radius 1 is 1.50 bits per heavy atom. The van der Waals surface area contributed by atoms with Gasteiger partial charge in [-0.05, 0) is 32.7 Å². The number of amides is 1. The number of aromatic nitrogens is 2. The fourth-order valence-corrected chi connectivity index (χ4v) is 2.71. The van der Waals surface area contributed by atoms with Crippen molar-refractivity contribution >= 4 is 5.91 Å². The molecule has 0 spiro atoms. The maximum atomic E-state index is 12.0. The van der Waals surface area contributed by atoms with Crippen LogP contribution in [0.5, 0.6) is 0 Å². The largest absolute Gasteiger partial charge is 0.378 e. The van der Waals surface area contributed by atoms with Crippen LogP contribution >= 0.6 is 0 Å². The number of rotatable bonds is 4. The quantitative estimate of drug-likeness (QED) is 0.841. The van der Waals surface area contributed by atoms with Crippen LogP contribution in [0.15, 0.2) is 4.52 Å². The van der Waals surface area contributed by atoms with Crippen LogP contribution in [0.1, 0.15) is 48.7 Å². The summed E-state index contributed by atoms with van der Waals surface area (Å²) in [5.74, 6) is 0.699. The number of ether oxygens (including phenoxy) is 1. The fourth-order valence-electron chi connectivity index (χ4n) is 2.71. The Bertz CT molecular complexity index is 470. The zero-order valence-electron chi connectivity index (χ0n) is 11.6. The van der Waals surface area contributed by atoms with E-state index in [0.29, 0.717) is 18.4 Å². The minimum absolute atomic E-state index is 0.0901. The highest BCUT2D eigenvalue weighted by Gasteiger charge is 2.27. The van der Waals surface area contributed by atoms with Crippen molar-refractivity contribution in [3.63, 3.8) is 0 Å². The van der Waals surface area contributed by atoms with Crippen LogP contribution in [0.2, 0.25) is 0 Å². The van der Waals surface area contributed by atoms with Gasteiger partial charge in [-0.3, -0.25) is 4.79 Å². The summed E-state index contributed by atoms with van der Waals surface area (Å²) in [4.78, 5) is 16.2. The first kappa shape index (κ1) is 13.5. The molecule has 7 heteroatoms. The Labute approximate surface area is 117 Å². The van der Waals surface area contributed by atoms with Gasteiger partial charge in [0.1, 0.15) is 0 Å². The maximum Gasteiger partial charge on any atom is 0.292 e. The number of nitrogens with one attached hydrogen (secondary N) is 2. The summed E-state index contributed by atoms with van der Waals surface area (Å²) in [6, 6.07) is 0.0901. The number of hydrogen-bond donors (Lipinski definition) is 2. The normalized spacial score (nSPS) is 29.8. The predicted octanol–water partition coefficient (Wildman–Crippen LogP) is 0.649. The first-order valence-electron chi connectivity index (χ1n) is 7.21. The first-order valence-corrected chi connectivity index (χ1v) is 7.21. The predicted molar refractivity (Wildman–Crippen MR) is 70.1 cm³/mol. The highest BCUT2D eigenvalue weighted by atomic mass is 16.5. The molecule has 1 aromatic rings. The van der Waals surface area contributed by atoms with Gasteiger partial charge in [-0.25, -0.2) is 0 Å². The standard InChI is InChI=1S/C13H20N4O3/c1-8-9(4-6-19-8)7-15-12(18)11-16-13(20-17-11)10-3-2-5-14-10/h8-10,14H,2-7H2,1H3,(H,15,18). The second-order valence-corrected chi connectivity index (χ2v) is 5.44. The third-order valence-corrected chi connectivity index (χ3v) is 4.06. The van der Waals surface area contributed by atoms with E-state index < -0.39 is 0 Å². The molecule has 2 aliphatic heterocycles. The molecule has 7 nitrogen and oxygen atoms in total. The van der Waals surface area contributed by atoms with Gasteiger partial charge in [-0.2, -0.15) is 4.98 Å². The molecule has 3 rings (SSSR count). The first-order chi connectivity index (χ1) is 9.74. The molecule has 2 saturated heterocycles. The highest BCUT2D eigenvalue weighted by Crippen LogP contribution is 2.21. The van der Waals surface area contributed by atoms with Crippen LogP contribution < -0.4 is 10.6 Å². The molecule has 0 saturated carbocycles. The van der Waals surface area contributed by atoms with E-state index in [2.05, 4.69) is 20.8 Å². The van der Waals surface area contributed by atoms with E-state index in [9.17, 15) is 4.79 Å². The van der Waals surface area contributed by atoms with E-state index in [1.807, 2.05) is 6.92 Å². The van der Waals surface area contributed by atoms with Crippen molar-refractivity contribution in [1.82, 2.24) is 20.8 Å². The van der Waals surface area contributed by atoms with Crippen molar-refractivity contribution in [1.29, 1.82) is 0 Å². The number of nitrogens with zero attached hydrogens (tertiary/aromatic N) is 2. The number of hydrogen-bond acceptors (Lipinski definition) is 6. The third kappa shape index (κ3) is 2.83. The van der Waals surface area contributed by atoms with Crippen LogP contribution in [-0.4, -0.2) is 41.8 Å². The molecule has 0 bridgehead atoms. The van der Waals surface area contributed by atoms with E-state index in [1.165, 1.54) is 0 Å². The van der Waals surface area contributed by atoms with Gasteiger partial charge in [-0.1, -0.05) is 5.16 Å². The summed E-state index contributed by atoms with van der Waals surface area (Å²) >= 11 is 0. The number of carbonyl (C=O) groups is 1. The van der Waals surface area contributed by atoms with Gasteiger partial charge in [0.25, 0.3) is 11.7 Å². The monoisotopic (exact) mass is 280 g/mol. The van der Waals surface area contributed by atoms with Gasteiger partial charge in [0.05, 0.1) is 12.1 Å². The van der Waals surface area contributed by atoms with E-state index >= 15 is 0 Å². The molecular weight excluding hydrogens is 260 g/mol. The van der Waals surface area contributed by atoms with Crippen molar-refractivity contribution in [3.8, 4) is 0 Å². The van der Waals surface area contributed by atoms with Crippen LogP contribution in [0.25, 0.3) is 0 Å². The molecule has 20 heavy (non-hydrogen) atoms. The van der Waals surface area contributed by atoms with E-state index in [1.54, 1.807) is 0 Å². The zero-order valence-corrected chi connectivity index (χ0v) is 11.6. The lowest BCUT2D eigenvalue weighted by Gasteiger charge is -2.13. The summed E-state index contributed by atoms with van der Waals surface area (Å²) in [6.45, 7) is 4.34. The molecule has 0 aromatic carbocycles. The average Bonchev–Trinajstić information content (AvgIpc) is 3.17. The molecule has 3 heterocycles. The smallest absolute Gasteiger partial charge is 0.292 e. The zero-order chi connectivity index (χ0) is 13.9. The minimum Gasteiger partial charge on any atom is -0.378 e.